The van der Waals surface area contributed by atoms with Crippen LogP contribution in [0, 0.1) is 11.8 Å². The topological polar surface area (TPSA) is 51.6 Å². The van der Waals surface area contributed by atoms with E-state index in [1.54, 1.807) is 48.3 Å². The molecule has 2 heterocycles. The fourth-order valence-electron chi connectivity index (χ4n) is 1.56. The lowest BCUT2D eigenvalue weighted by Gasteiger charge is -2.15. The van der Waals surface area contributed by atoms with Gasteiger partial charge in [0.15, 0.2) is 10.3 Å². The number of hydrogen-bond acceptors (Lipinski definition) is 6. The van der Waals surface area contributed by atoms with Crippen LogP contribution < -0.4 is 0 Å². The van der Waals surface area contributed by atoms with E-state index >= 15 is 0 Å². The highest BCUT2D eigenvalue weighted by Crippen LogP contribution is 2.29. The molecule has 2 rings (SSSR count). The van der Waals surface area contributed by atoms with E-state index in [0.29, 0.717) is 0 Å². The first kappa shape index (κ1) is 18.8. The third kappa shape index (κ3) is 6.90. The molecule has 2 aromatic heterocycles. The molecule has 0 aliphatic carbocycles. The van der Waals surface area contributed by atoms with Crippen LogP contribution in [-0.4, -0.2) is 29.4 Å². The van der Waals surface area contributed by atoms with E-state index in [1.807, 2.05) is 0 Å². The predicted molar refractivity (Wildman–Crippen MR) is 101 cm³/mol. The molecule has 4 nitrogen and oxygen atoms in total. The van der Waals surface area contributed by atoms with Crippen molar-refractivity contribution in [3.8, 4) is 11.8 Å². The van der Waals surface area contributed by atoms with Crippen LogP contribution in [0.25, 0.3) is 0 Å². The first-order valence-corrected chi connectivity index (χ1v) is 9.28. The average Bonchev–Trinajstić information content (AvgIpc) is 2.45. The molecule has 0 aliphatic heterocycles. The minimum atomic E-state index is 0.0946. The van der Waals surface area contributed by atoms with Gasteiger partial charge in [0.05, 0.1) is 11.1 Å². The Bertz CT molecular complexity index is 667. The zero-order valence-corrected chi connectivity index (χ0v) is 16.5. The van der Waals surface area contributed by atoms with Gasteiger partial charge in [-0.3, -0.25) is 0 Å². The van der Waals surface area contributed by atoms with Gasteiger partial charge in [-0.05, 0) is 0 Å². The molecular formula is C18H22N4S2. The van der Waals surface area contributed by atoms with E-state index in [1.165, 1.54) is 0 Å². The zero-order chi connectivity index (χ0) is 17.8. The smallest absolute Gasteiger partial charge is 0.188 e. The summed E-state index contributed by atoms with van der Waals surface area (Å²) in [6, 6.07) is 0. The zero-order valence-electron chi connectivity index (χ0n) is 14.9. The maximum Gasteiger partial charge on any atom is 0.188 e. The molecule has 0 fully saturated rings. The van der Waals surface area contributed by atoms with Gasteiger partial charge in [0.1, 0.15) is 0 Å². The van der Waals surface area contributed by atoms with Crippen molar-refractivity contribution in [2.24, 2.45) is 0 Å². The summed E-state index contributed by atoms with van der Waals surface area (Å²) >= 11 is 3.27. The molecule has 0 saturated carbocycles. The van der Waals surface area contributed by atoms with Crippen molar-refractivity contribution in [2.75, 3.05) is 0 Å². The van der Waals surface area contributed by atoms with Crippen LogP contribution in [0.1, 0.15) is 52.7 Å². The standard InChI is InChI=1S/C18H22N4S2/c1-17(2,3)23-15-19-9-13(10-20-15)7-8-14-11-21-16(22-12-14)24-18(4,5)6/h9-12H,1-6H3. The van der Waals surface area contributed by atoms with E-state index in [9.17, 15) is 0 Å². The summed E-state index contributed by atoms with van der Waals surface area (Å²) in [5.74, 6) is 6.10. The molecule has 0 radical (unpaired) electrons. The van der Waals surface area contributed by atoms with E-state index in [2.05, 4.69) is 73.3 Å². The molecule has 0 aromatic carbocycles. The van der Waals surface area contributed by atoms with Gasteiger partial charge in [-0.2, -0.15) is 0 Å². The normalized spacial score (nSPS) is 11.8. The Balaban J connectivity index is 2.04. The number of aromatic nitrogens is 4. The summed E-state index contributed by atoms with van der Waals surface area (Å²) in [7, 11) is 0. The Labute approximate surface area is 152 Å². The lowest BCUT2D eigenvalue weighted by atomic mass is 10.3. The largest absolute Gasteiger partial charge is 0.230 e. The highest BCUT2D eigenvalue weighted by molar-refractivity contribution is 8.00. The quantitative estimate of drug-likeness (QED) is 0.449. The maximum absolute atomic E-state index is 4.35. The van der Waals surface area contributed by atoms with Crippen molar-refractivity contribution in [3.05, 3.63) is 35.9 Å². The van der Waals surface area contributed by atoms with Crippen molar-refractivity contribution >= 4 is 23.5 Å². The van der Waals surface area contributed by atoms with Crippen LogP contribution >= 0.6 is 23.5 Å². The van der Waals surface area contributed by atoms with E-state index in [4.69, 9.17) is 0 Å². The molecule has 24 heavy (non-hydrogen) atoms. The first-order valence-electron chi connectivity index (χ1n) is 7.65. The minimum absolute atomic E-state index is 0.0946. The lowest BCUT2D eigenvalue weighted by molar-refractivity contribution is 0.791. The summed E-state index contributed by atoms with van der Waals surface area (Å²) in [5, 5.41) is 1.53. The highest BCUT2D eigenvalue weighted by atomic mass is 32.2. The summed E-state index contributed by atoms with van der Waals surface area (Å²) in [4.78, 5) is 17.4. The first-order chi connectivity index (χ1) is 11.1. The molecule has 0 unspecified atom stereocenters. The van der Waals surface area contributed by atoms with Gasteiger partial charge < -0.3 is 0 Å². The second kappa shape index (κ2) is 7.54. The number of thioether (sulfide) groups is 2. The summed E-state index contributed by atoms with van der Waals surface area (Å²) in [6.07, 6.45) is 7.00. The van der Waals surface area contributed by atoms with E-state index in [0.717, 1.165) is 21.4 Å². The van der Waals surface area contributed by atoms with Gasteiger partial charge in [-0.25, -0.2) is 19.9 Å². The van der Waals surface area contributed by atoms with Crippen LogP contribution in [0.5, 0.6) is 0 Å². The monoisotopic (exact) mass is 358 g/mol. The SMILES string of the molecule is CC(C)(C)Sc1ncc(C#Cc2cnc(SC(C)(C)C)nc2)cn1. The fourth-order valence-corrected chi connectivity index (χ4v) is 3.08. The molecule has 6 heteroatoms. The van der Waals surface area contributed by atoms with Crippen LogP contribution in [0.4, 0.5) is 0 Å². The summed E-state index contributed by atoms with van der Waals surface area (Å²) < 4.78 is 0.189. The summed E-state index contributed by atoms with van der Waals surface area (Å²) in [5.41, 5.74) is 1.56. The van der Waals surface area contributed by atoms with Crippen molar-refractivity contribution in [1.29, 1.82) is 0 Å². The molecule has 0 spiro atoms. The molecule has 0 atom stereocenters. The molecule has 0 aliphatic rings. The van der Waals surface area contributed by atoms with Crippen molar-refractivity contribution in [1.82, 2.24) is 19.9 Å². The highest BCUT2D eigenvalue weighted by Gasteiger charge is 2.14. The number of hydrogen-bond donors (Lipinski definition) is 0. The van der Waals surface area contributed by atoms with Gasteiger partial charge in [0, 0.05) is 34.3 Å². The molecule has 0 bridgehead atoms. The molecular weight excluding hydrogens is 336 g/mol. The van der Waals surface area contributed by atoms with Crippen LogP contribution in [-0.2, 0) is 0 Å². The van der Waals surface area contributed by atoms with Gasteiger partial charge in [0.25, 0.3) is 0 Å². The minimum Gasteiger partial charge on any atom is -0.230 e. The summed E-state index contributed by atoms with van der Waals surface area (Å²) in [6.45, 7) is 12.8. The van der Waals surface area contributed by atoms with Crippen LogP contribution in [0.3, 0.4) is 0 Å². The van der Waals surface area contributed by atoms with Gasteiger partial charge in [0.2, 0.25) is 0 Å². The average molecular weight is 359 g/mol. The predicted octanol–water partition coefficient (Wildman–Crippen LogP) is 4.45. The third-order valence-electron chi connectivity index (χ3n) is 2.40. The Morgan fingerprint density at radius 1 is 0.625 bits per heavy atom. The van der Waals surface area contributed by atoms with E-state index in [-0.39, 0.29) is 9.49 Å². The molecule has 0 amide bonds. The number of nitrogens with zero attached hydrogens (tertiary/aromatic N) is 4. The third-order valence-corrected chi connectivity index (χ3v) is 4.41. The van der Waals surface area contributed by atoms with Gasteiger partial charge in [-0.15, -0.1) is 0 Å². The Hall–Kier alpha value is -1.58. The van der Waals surface area contributed by atoms with Crippen molar-refractivity contribution < 1.29 is 0 Å². The van der Waals surface area contributed by atoms with Crippen LogP contribution in [0.2, 0.25) is 0 Å². The maximum atomic E-state index is 4.35. The van der Waals surface area contributed by atoms with Gasteiger partial charge in [-0.1, -0.05) is 76.9 Å². The molecule has 0 saturated heterocycles. The van der Waals surface area contributed by atoms with E-state index < -0.39 is 0 Å². The Kier molecular flexibility index (Phi) is 5.89. The second-order valence-corrected chi connectivity index (χ2v) is 10.8. The van der Waals surface area contributed by atoms with Crippen LogP contribution in [0.15, 0.2) is 35.1 Å². The van der Waals surface area contributed by atoms with Gasteiger partial charge >= 0.3 is 0 Å². The second-order valence-electron chi connectivity index (χ2n) is 7.19. The van der Waals surface area contributed by atoms with Crippen molar-refractivity contribution in [2.45, 2.75) is 61.3 Å². The molecule has 126 valence electrons. The Morgan fingerprint density at radius 2 is 0.917 bits per heavy atom. The molecule has 2 aromatic rings. The number of rotatable bonds is 2. The Morgan fingerprint density at radius 3 is 1.17 bits per heavy atom. The fraction of sp³-hybridized carbons (Fsp3) is 0.444. The van der Waals surface area contributed by atoms with Crippen molar-refractivity contribution in [3.63, 3.8) is 0 Å². The molecule has 0 N–H and O–H groups in total. The lowest BCUT2D eigenvalue weighted by Crippen LogP contribution is -2.08.